The van der Waals surface area contributed by atoms with Crippen LogP contribution in [-0.2, 0) is 23.9 Å². The number of Topliss-reactive ketones (excluding diaryl/α,β-unsaturated/α-hetero) is 1. The third-order valence-corrected chi connectivity index (χ3v) is 10.2. The molecule has 4 aliphatic carbocycles. The van der Waals surface area contributed by atoms with Crippen molar-refractivity contribution >= 4 is 17.7 Å². The molecule has 0 saturated heterocycles. The second-order valence-electron chi connectivity index (χ2n) is 11.4. The number of esters is 2. The first kappa shape index (κ1) is 23.7. The van der Waals surface area contributed by atoms with Crippen LogP contribution in [0.5, 0.6) is 0 Å². The molecule has 0 unspecified atom stereocenters. The Kier molecular flexibility index (Phi) is 5.57. The summed E-state index contributed by atoms with van der Waals surface area (Å²) in [6, 6.07) is 0. The van der Waals surface area contributed by atoms with Gasteiger partial charge in [-0.05, 0) is 69.6 Å². The molecule has 0 aromatic heterocycles. The summed E-state index contributed by atoms with van der Waals surface area (Å²) in [5.74, 6) is -0.530. The molecule has 180 valence electrons. The molecule has 32 heavy (non-hydrogen) atoms. The van der Waals surface area contributed by atoms with E-state index in [1.54, 1.807) is 0 Å². The van der Waals surface area contributed by atoms with Gasteiger partial charge in [0.05, 0.1) is 0 Å². The topological polar surface area (TPSA) is 110 Å². The van der Waals surface area contributed by atoms with Crippen LogP contribution in [0.15, 0.2) is 0 Å². The molecular weight excluding hydrogens is 412 g/mol. The number of rotatable bonds is 3. The molecule has 0 aromatic rings. The number of ether oxygens (including phenoxy) is 2. The van der Waals surface area contributed by atoms with E-state index < -0.39 is 40.2 Å². The summed E-state index contributed by atoms with van der Waals surface area (Å²) in [4.78, 5) is 36.1. The van der Waals surface area contributed by atoms with Crippen LogP contribution in [0.4, 0.5) is 0 Å². The highest BCUT2D eigenvalue weighted by molar-refractivity contribution is 5.86. The molecule has 0 aliphatic heterocycles. The van der Waals surface area contributed by atoms with E-state index in [9.17, 15) is 24.6 Å². The van der Waals surface area contributed by atoms with E-state index in [0.717, 1.165) is 19.3 Å². The molecule has 4 fully saturated rings. The zero-order valence-electron chi connectivity index (χ0n) is 20.0. The van der Waals surface area contributed by atoms with E-state index in [1.807, 2.05) is 6.92 Å². The fourth-order valence-electron chi connectivity index (χ4n) is 8.49. The Balaban J connectivity index is 1.72. The van der Waals surface area contributed by atoms with Gasteiger partial charge in [0.15, 0.2) is 5.78 Å². The van der Waals surface area contributed by atoms with Gasteiger partial charge in [-0.3, -0.25) is 14.4 Å². The standard InChI is InChI=1S/C25H38O7/c1-14(26)24(29)11-8-20-18-12-21(32-16(3)28)25(30)13-17(31-15(2)27)6-9-23(25,5)19(18)7-10-22(20,24)4/h17-21,29-30H,6-13H2,1-5H3/t17-,18-,19-,20-,21-,22-,23-,24+,25+/m1/s1. The average Bonchev–Trinajstić information content (AvgIpc) is 2.96. The lowest BCUT2D eigenvalue weighted by Crippen LogP contribution is -2.70. The molecule has 9 atom stereocenters. The van der Waals surface area contributed by atoms with Crippen LogP contribution >= 0.6 is 0 Å². The maximum atomic E-state index is 12.5. The van der Waals surface area contributed by atoms with Crippen molar-refractivity contribution in [3.8, 4) is 0 Å². The fraction of sp³-hybridized carbons (Fsp3) is 0.880. The predicted octanol–water partition coefficient (Wildman–Crippen LogP) is 2.94. The van der Waals surface area contributed by atoms with Gasteiger partial charge >= 0.3 is 11.9 Å². The summed E-state index contributed by atoms with van der Waals surface area (Å²) in [5, 5.41) is 23.5. The largest absolute Gasteiger partial charge is 0.462 e. The lowest BCUT2D eigenvalue weighted by molar-refractivity contribution is -0.273. The van der Waals surface area contributed by atoms with Crippen molar-refractivity contribution in [2.24, 2.45) is 28.6 Å². The molecule has 0 radical (unpaired) electrons. The van der Waals surface area contributed by atoms with Crippen LogP contribution in [0.2, 0.25) is 0 Å². The number of hydrogen-bond donors (Lipinski definition) is 2. The van der Waals surface area contributed by atoms with Gasteiger partial charge in [-0.25, -0.2) is 0 Å². The van der Waals surface area contributed by atoms with E-state index in [4.69, 9.17) is 9.47 Å². The van der Waals surface area contributed by atoms with Crippen LogP contribution in [0.1, 0.15) is 86.0 Å². The molecule has 0 spiro atoms. The Morgan fingerprint density at radius 3 is 1.97 bits per heavy atom. The summed E-state index contributed by atoms with van der Waals surface area (Å²) in [6.07, 6.45) is 3.71. The highest BCUT2D eigenvalue weighted by Crippen LogP contribution is 2.69. The van der Waals surface area contributed by atoms with E-state index >= 15 is 0 Å². The lowest BCUT2D eigenvalue weighted by atomic mass is 9.42. The number of hydrogen-bond acceptors (Lipinski definition) is 7. The minimum absolute atomic E-state index is 0.126. The zero-order chi connectivity index (χ0) is 23.7. The van der Waals surface area contributed by atoms with Gasteiger partial charge < -0.3 is 19.7 Å². The molecule has 0 heterocycles. The normalized spacial score (nSPS) is 49.9. The summed E-state index contributed by atoms with van der Waals surface area (Å²) < 4.78 is 11.2. The van der Waals surface area contributed by atoms with Crippen LogP contribution in [0, 0.1) is 28.6 Å². The number of fused-ring (bicyclic) bond motifs is 5. The zero-order valence-corrected chi connectivity index (χ0v) is 20.0. The Morgan fingerprint density at radius 1 is 0.812 bits per heavy atom. The second-order valence-corrected chi connectivity index (χ2v) is 11.4. The van der Waals surface area contributed by atoms with Crippen LogP contribution < -0.4 is 0 Å². The molecule has 4 aliphatic rings. The first-order valence-corrected chi connectivity index (χ1v) is 12.1. The SMILES string of the molecule is CC(=O)O[C@@H]1CC[C@]2(C)[C@@H]3CC[C@]4(C)[C@H](CC[C@]4(O)C(C)=O)[C@@H]3C[C@@H](OC(C)=O)[C@@]2(O)C1. The molecule has 4 saturated carbocycles. The second kappa shape index (κ2) is 7.52. The molecule has 7 heteroatoms. The number of carbonyl (C=O) groups excluding carboxylic acids is 3. The van der Waals surface area contributed by atoms with Crippen molar-refractivity contribution in [1.82, 2.24) is 0 Å². The molecule has 4 rings (SSSR count). The third kappa shape index (κ3) is 3.10. The Bertz CT molecular complexity index is 825. The summed E-state index contributed by atoms with van der Waals surface area (Å²) in [7, 11) is 0. The lowest BCUT2D eigenvalue weighted by Gasteiger charge is -2.65. The summed E-state index contributed by atoms with van der Waals surface area (Å²) in [6.45, 7) is 8.35. The van der Waals surface area contributed by atoms with Crippen LogP contribution in [-0.4, -0.2) is 51.3 Å². The van der Waals surface area contributed by atoms with E-state index in [2.05, 4.69) is 6.92 Å². The van der Waals surface area contributed by atoms with Crippen molar-refractivity contribution in [3.05, 3.63) is 0 Å². The monoisotopic (exact) mass is 450 g/mol. The van der Waals surface area contributed by atoms with Crippen LogP contribution in [0.3, 0.4) is 0 Å². The van der Waals surface area contributed by atoms with Gasteiger partial charge in [-0.1, -0.05) is 13.8 Å². The van der Waals surface area contributed by atoms with Gasteiger partial charge in [0.1, 0.15) is 23.4 Å². The Labute approximate surface area is 190 Å². The fourth-order valence-corrected chi connectivity index (χ4v) is 8.49. The first-order valence-electron chi connectivity index (χ1n) is 12.1. The minimum Gasteiger partial charge on any atom is -0.462 e. The first-order chi connectivity index (χ1) is 14.8. The molecule has 0 amide bonds. The highest BCUT2D eigenvalue weighted by atomic mass is 16.6. The molecule has 0 aromatic carbocycles. The van der Waals surface area contributed by atoms with Gasteiger partial charge in [-0.2, -0.15) is 0 Å². The van der Waals surface area contributed by atoms with Gasteiger partial charge in [-0.15, -0.1) is 0 Å². The summed E-state index contributed by atoms with van der Waals surface area (Å²) in [5.41, 5.74) is -3.63. The predicted molar refractivity (Wildman–Crippen MR) is 115 cm³/mol. The maximum absolute atomic E-state index is 12.5. The van der Waals surface area contributed by atoms with Gasteiger partial charge in [0.25, 0.3) is 0 Å². The molecule has 2 N–H and O–H groups in total. The highest BCUT2D eigenvalue weighted by Gasteiger charge is 2.71. The average molecular weight is 451 g/mol. The van der Waals surface area contributed by atoms with Gasteiger partial charge in [0.2, 0.25) is 0 Å². The van der Waals surface area contributed by atoms with Crippen molar-refractivity contribution in [1.29, 1.82) is 0 Å². The molecule has 7 nitrogen and oxygen atoms in total. The van der Waals surface area contributed by atoms with Crippen molar-refractivity contribution < 1.29 is 34.1 Å². The van der Waals surface area contributed by atoms with Crippen molar-refractivity contribution in [2.75, 3.05) is 0 Å². The van der Waals surface area contributed by atoms with Crippen LogP contribution in [0.25, 0.3) is 0 Å². The van der Waals surface area contributed by atoms with E-state index in [1.165, 1.54) is 20.8 Å². The smallest absolute Gasteiger partial charge is 0.303 e. The van der Waals surface area contributed by atoms with E-state index in [0.29, 0.717) is 25.7 Å². The van der Waals surface area contributed by atoms with Gasteiger partial charge in [0, 0.05) is 31.1 Å². The Morgan fingerprint density at radius 2 is 1.38 bits per heavy atom. The molecular formula is C25H38O7. The summed E-state index contributed by atoms with van der Waals surface area (Å²) >= 11 is 0. The number of carbonyl (C=O) groups is 3. The number of ketones is 1. The van der Waals surface area contributed by atoms with Crippen molar-refractivity contribution in [3.63, 3.8) is 0 Å². The van der Waals surface area contributed by atoms with Crippen molar-refractivity contribution in [2.45, 2.75) is 109 Å². The Hall–Kier alpha value is -1.47. The number of aliphatic hydroxyl groups is 2. The quantitative estimate of drug-likeness (QED) is 0.636. The third-order valence-electron chi connectivity index (χ3n) is 10.2. The molecule has 0 bridgehead atoms. The minimum atomic E-state index is -1.32. The maximum Gasteiger partial charge on any atom is 0.303 e. The van der Waals surface area contributed by atoms with E-state index in [-0.39, 0.29) is 35.9 Å².